The highest BCUT2D eigenvalue weighted by Gasteiger charge is 2.45. The summed E-state index contributed by atoms with van der Waals surface area (Å²) >= 11 is 0. The molecule has 1 aliphatic carbocycles. The van der Waals surface area contributed by atoms with Gasteiger partial charge in [0.1, 0.15) is 5.82 Å². The second kappa shape index (κ2) is 5.02. The number of nitrogens with one attached hydrogen (secondary N) is 1. The van der Waals surface area contributed by atoms with Crippen LogP contribution in [0.15, 0.2) is 30.3 Å². The Hall–Kier alpha value is -2.10. The zero-order valence-corrected chi connectivity index (χ0v) is 12.4. The van der Waals surface area contributed by atoms with E-state index < -0.39 is 11.4 Å². The number of carboxylic acid groups (broad SMARTS) is 1. The molecule has 0 radical (unpaired) electrons. The Morgan fingerprint density at radius 2 is 2.19 bits per heavy atom. The molecule has 3 rings (SSSR count). The first-order valence-electron chi connectivity index (χ1n) is 7.37. The van der Waals surface area contributed by atoms with Gasteiger partial charge < -0.3 is 10.4 Å². The van der Waals surface area contributed by atoms with Gasteiger partial charge in [0, 0.05) is 11.4 Å². The van der Waals surface area contributed by atoms with Crippen LogP contribution in [-0.4, -0.2) is 22.1 Å². The molecule has 1 fully saturated rings. The van der Waals surface area contributed by atoms with Crippen LogP contribution in [0, 0.1) is 12.3 Å². The lowest BCUT2D eigenvalue weighted by Crippen LogP contribution is -2.40. The monoisotopic (exact) mass is 284 g/mol. The number of rotatable bonds is 3. The molecule has 1 aliphatic rings. The number of aryl methyl sites for hydroxylation is 1. The summed E-state index contributed by atoms with van der Waals surface area (Å²) in [4.78, 5) is 16.2. The fourth-order valence-electron chi connectivity index (χ4n) is 3.19. The largest absolute Gasteiger partial charge is 0.481 e. The predicted octanol–water partition coefficient (Wildman–Crippen LogP) is 3.60. The molecular formula is C17H20N2O2. The number of benzene rings is 1. The molecule has 0 bridgehead atoms. The number of hydrogen-bond acceptors (Lipinski definition) is 3. The summed E-state index contributed by atoms with van der Waals surface area (Å²) in [7, 11) is 0. The van der Waals surface area contributed by atoms with Crippen molar-refractivity contribution in [2.24, 2.45) is 5.41 Å². The molecule has 2 aromatic rings. The van der Waals surface area contributed by atoms with E-state index in [1.54, 1.807) is 0 Å². The number of carbonyl (C=O) groups is 1. The third-order valence-electron chi connectivity index (χ3n) is 4.67. The number of para-hydroxylation sites is 1. The Labute approximate surface area is 124 Å². The number of pyridine rings is 1. The Morgan fingerprint density at radius 1 is 1.43 bits per heavy atom. The molecule has 1 aromatic heterocycles. The highest BCUT2D eigenvalue weighted by molar-refractivity contribution is 5.82. The number of aromatic nitrogens is 1. The zero-order chi connectivity index (χ0) is 15.0. The molecule has 0 saturated heterocycles. The van der Waals surface area contributed by atoms with Crippen molar-refractivity contribution in [3.05, 3.63) is 35.9 Å². The molecule has 0 spiro atoms. The highest BCUT2D eigenvalue weighted by atomic mass is 16.4. The van der Waals surface area contributed by atoms with Crippen LogP contribution >= 0.6 is 0 Å². The van der Waals surface area contributed by atoms with Crippen molar-refractivity contribution < 1.29 is 9.90 Å². The number of aliphatic carboxylic acids is 1. The van der Waals surface area contributed by atoms with Crippen molar-refractivity contribution in [1.82, 2.24) is 4.98 Å². The van der Waals surface area contributed by atoms with E-state index >= 15 is 0 Å². The quantitative estimate of drug-likeness (QED) is 0.904. The Balaban J connectivity index is 1.94. The number of nitrogens with zero attached hydrogens (tertiary/aromatic N) is 1. The van der Waals surface area contributed by atoms with Gasteiger partial charge >= 0.3 is 5.97 Å². The normalized spacial score (nSPS) is 25.1. The van der Waals surface area contributed by atoms with Crippen molar-refractivity contribution in [3.8, 4) is 0 Å². The Kier molecular flexibility index (Phi) is 3.32. The lowest BCUT2D eigenvalue weighted by Gasteiger charge is -2.28. The van der Waals surface area contributed by atoms with E-state index in [-0.39, 0.29) is 6.04 Å². The van der Waals surface area contributed by atoms with Crippen LogP contribution in [0.1, 0.15) is 31.7 Å². The predicted molar refractivity (Wildman–Crippen MR) is 83.5 cm³/mol. The van der Waals surface area contributed by atoms with Crippen molar-refractivity contribution in [3.63, 3.8) is 0 Å². The molecular weight excluding hydrogens is 264 g/mol. The fraction of sp³-hybridized carbons (Fsp3) is 0.412. The van der Waals surface area contributed by atoms with Gasteiger partial charge in [-0.1, -0.05) is 24.6 Å². The van der Waals surface area contributed by atoms with E-state index in [2.05, 4.69) is 16.4 Å². The van der Waals surface area contributed by atoms with Crippen LogP contribution in [0.5, 0.6) is 0 Å². The minimum atomic E-state index is -0.726. The molecule has 1 aromatic carbocycles. The van der Waals surface area contributed by atoms with E-state index in [1.165, 1.54) is 0 Å². The van der Waals surface area contributed by atoms with E-state index in [1.807, 2.05) is 38.1 Å². The molecule has 0 aliphatic heterocycles. The summed E-state index contributed by atoms with van der Waals surface area (Å²) in [5, 5.41) is 14.0. The van der Waals surface area contributed by atoms with E-state index in [0.29, 0.717) is 6.42 Å². The van der Waals surface area contributed by atoms with Gasteiger partial charge in [0.15, 0.2) is 0 Å². The van der Waals surface area contributed by atoms with Crippen LogP contribution in [0.25, 0.3) is 10.9 Å². The van der Waals surface area contributed by atoms with Crippen LogP contribution in [0.3, 0.4) is 0 Å². The van der Waals surface area contributed by atoms with Gasteiger partial charge in [0.05, 0.1) is 10.9 Å². The minimum absolute atomic E-state index is 0.0673. The van der Waals surface area contributed by atoms with E-state index in [4.69, 9.17) is 0 Å². The number of hydrogen-bond donors (Lipinski definition) is 2. The fourth-order valence-corrected chi connectivity index (χ4v) is 3.19. The number of carboxylic acids is 1. The second-order valence-electron chi connectivity index (χ2n) is 6.16. The third-order valence-corrected chi connectivity index (χ3v) is 4.67. The summed E-state index contributed by atoms with van der Waals surface area (Å²) in [6.45, 7) is 3.84. The molecule has 0 amide bonds. The summed E-state index contributed by atoms with van der Waals surface area (Å²) < 4.78 is 0. The first-order valence-corrected chi connectivity index (χ1v) is 7.37. The van der Waals surface area contributed by atoms with Gasteiger partial charge in [-0.2, -0.15) is 0 Å². The Morgan fingerprint density at radius 3 is 2.95 bits per heavy atom. The Bertz CT molecular complexity index is 698. The van der Waals surface area contributed by atoms with Gasteiger partial charge in [-0.3, -0.25) is 4.79 Å². The summed E-state index contributed by atoms with van der Waals surface area (Å²) in [6, 6.07) is 10.0. The van der Waals surface area contributed by atoms with Crippen molar-refractivity contribution in [2.45, 2.75) is 39.2 Å². The molecule has 110 valence electrons. The number of fused-ring (bicyclic) bond motifs is 1. The van der Waals surface area contributed by atoms with Crippen molar-refractivity contribution in [1.29, 1.82) is 0 Å². The molecule has 4 heteroatoms. The average Bonchev–Trinajstić information content (AvgIpc) is 2.82. The van der Waals surface area contributed by atoms with Gasteiger partial charge in [-0.25, -0.2) is 4.98 Å². The van der Waals surface area contributed by atoms with Crippen LogP contribution in [0.2, 0.25) is 0 Å². The van der Waals surface area contributed by atoms with Gasteiger partial charge in [0.2, 0.25) is 0 Å². The third kappa shape index (κ3) is 2.35. The highest BCUT2D eigenvalue weighted by Crippen LogP contribution is 2.40. The van der Waals surface area contributed by atoms with Crippen LogP contribution in [-0.2, 0) is 4.79 Å². The molecule has 2 atom stereocenters. The maximum Gasteiger partial charge on any atom is 0.311 e. The first kappa shape index (κ1) is 13.9. The van der Waals surface area contributed by atoms with Crippen LogP contribution < -0.4 is 5.32 Å². The molecule has 2 unspecified atom stereocenters. The molecule has 4 nitrogen and oxygen atoms in total. The zero-order valence-electron chi connectivity index (χ0n) is 12.4. The maximum absolute atomic E-state index is 11.6. The van der Waals surface area contributed by atoms with Gasteiger partial charge in [-0.05, 0) is 44.4 Å². The summed E-state index contributed by atoms with van der Waals surface area (Å²) in [6.07, 6.45) is 2.52. The van der Waals surface area contributed by atoms with E-state index in [0.717, 1.165) is 35.1 Å². The van der Waals surface area contributed by atoms with Gasteiger partial charge in [0.25, 0.3) is 0 Å². The van der Waals surface area contributed by atoms with Gasteiger partial charge in [-0.15, -0.1) is 0 Å². The topological polar surface area (TPSA) is 62.2 Å². The number of anilines is 1. The van der Waals surface area contributed by atoms with Crippen molar-refractivity contribution >= 4 is 22.7 Å². The first-order chi connectivity index (χ1) is 10.0. The summed E-state index contributed by atoms with van der Waals surface area (Å²) in [5.74, 6) is 0.0732. The molecule has 1 heterocycles. The molecule has 2 N–H and O–H groups in total. The lowest BCUT2D eigenvalue weighted by molar-refractivity contribution is -0.147. The maximum atomic E-state index is 11.6. The second-order valence-corrected chi connectivity index (χ2v) is 6.16. The smallest absolute Gasteiger partial charge is 0.311 e. The lowest BCUT2D eigenvalue weighted by atomic mass is 9.85. The molecule has 1 saturated carbocycles. The summed E-state index contributed by atoms with van der Waals surface area (Å²) in [5.41, 5.74) is 1.27. The van der Waals surface area contributed by atoms with Crippen molar-refractivity contribution in [2.75, 3.05) is 5.32 Å². The van der Waals surface area contributed by atoms with Crippen LogP contribution in [0.4, 0.5) is 5.82 Å². The average molecular weight is 284 g/mol. The standard InChI is InChI=1S/C17H20N2O2/c1-11-10-12-6-3-4-7-13(12)18-15(11)19-14-8-5-9-17(14,2)16(20)21/h3-4,6-7,10,14H,5,8-9H2,1-2H3,(H,18,19)(H,20,21). The molecule has 21 heavy (non-hydrogen) atoms. The SMILES string of the molecule is Cc1cc2ccccc2nc1NC1CCCC1(C)C(=O)O. The minimum Gasteiger partial charge on any atom is -0.481 e. The van der Waals surface area contributed by atoms with E-state index in [9.17, 15) is 9.90 Å².